The van der Waals surface area contributed by atoms with Crippen molar-refractivity contribution < 1.29 is 4.79 Å². The number of nitrogens with zero attached hydrogens (tertiary/aromatic N) is 1. The molecule has 0 atom stereocenters. The number of aromatic amines is 1. The minimum atomic E-state index is 0.596. The van der Waals surface area contributed by atoms with Crippen LogP contribution < -0.4 is 0 Å². The van der Waals surface area contributed by atoms with E-state index in [0.717, 1.165) is 26.2 Å². The molecule has 0 unspecified atom stereocenters. The van der Waals surface area contributed by atoms with Gasteiger partial charge < -0.3 is 0 Å². The Labute approximate surface area is 93.3 Å². The summed E-state index contributed by atoms with van der Waals surface area (Å²) >= 11 is 5.05. The minimum absolute atomic E-state index is 0.596. The molecule has 5 heteroatoms. The van der Waals surface area contributed by atoms with Crippen molar-refractivity contribution in [3.63, 3.8) is 0 Å². The molecule has 0 aliphatic heterocycles. The molecule has 0 saturated heterocycles. The minimum Gasteiger partial charge on any atom is -0.298 e. The highest BCUT2D eigenvalue weighted by molar-refractivity contribution is 9.11. The number of halogens is 1. The fraction of sp³-hybridized carbons (Fsp3) is 0.111. The molecule has 0 aliphatic rings. The molecule has 0 fully saturated rings. The first-order chi connectivity index (χ1) is 6.72. The zero-order valence-corrected chi connectivity index (χ0v) is 9.78. The summed E-state index contributed by atoms with van der Waals surface area (Å²) in [6.45, 7) is 2.01. The molecule has 0 aromatic carbocycles. The summed E-state index contributed by atoms with van der Waals surface area (Å²) in [5.74, 6) is 0. The number of hydrogen-bond donors (Lipinski definition) is 1. The van der Waals surface area contributed by atoms with E-state index in [0.29, 0.717) is 5.56 Å². The van der Waals surface area contributed by atoms with Gasteiger partial charge in [0.1, 0.15) is 0 Å². The SMILES string of the molecule is Cc1sc(Br)cc1-c1[nH]ncc1C=O. The Balaban J connectivity index is 2.59. The monoisotopic (exact) mass is 270 g/mol. The van der Waals surface area contributed by atoms with Crippen LogP contribution in [-0.2, 0) is 0 Å². The first-order valence-corrected chi connectivity index (χ1v) is 5.58. The normalized spacial score (nSPS) is 10.4. The third-order valence-electron chi connectivity index (χ3n) is 1.95. The van der Waals surface area contributed by atoms with E-state index in [4.69, 9.17) is 0 Å². The van der Waals surface area contributed by atoms with Crippen molar-refractivity contribution in [1.82, 2.24) is 10.2 Å². The molecule has 2 aromatic rings. The summed E-state index contributed by atoms with van der Waals surface area (Å²) in [5, 5.41) is 6.68. The average molecular weight is 271 g/mol. The first kappa shape index (κ1) is 9.61. The molecule has 2 aromatic heterocycles. The highest BCUT2D eigenvalue weighted by Gasteiger charge is 2.11. The van der Waals surface area contributed by atoms with E-state index in [9.17, 15) is 4.79 Å². The molecule has 0 saturated carbocycles. The molecular formula is C9H7BrN2OS. The second-order valence-electron chi connectivity index (χ2n) is 2.84. The number of thiophene rings is 1. The molecule has 3 nitrogen and oxygen atoms in total. The van der Waals surface area contributed by atoms with Gasteiger partial charge >= 0.3 is 0 Å². The molecule has 0 spiro atoms. The van der Waals surface area contributed by atoms with Gasteiger partial charge in [-0.05, 0) is 28.9 Å². The van der Waals surface area contributed by atoms with Crippen LogP contribution in [0.3, 0.4) is 0 Å². The van der Waals surface area contributed by atoms with Gasteiger partial charge in [0.15, 0.2) is 6.29 Å². The standard InChI is InChI=1S/C9H7BrN2OS/c1-5-7(2-8(10)14-5)9-6(4-13)3-11-12-9/h2-4H,1H3,(H,11,12). The van der Waals surface area contributed by atoms with Crippen LogP contribution in [0.1, 0.15) is 15.2 Å². The lowest BCUT2D eigenvalue weighted by Gasteiger charge is -1.95. The number of H-pyrrole nitrogens is 1. The lowest BCUT2D eigenvalue weighted by Crippen LogP contribution is -1.83. The highest BCUT2D eigenvalue weighted by Crippen LogP contribution is 2.33. The van der Waals surface area contributed by atoms with Gasteiger partial charge in [-0.25, -0.2) is 0 Å². The van der Waals surface area contributed by atoms with Crippen LogP contribution >= 0.6 is 27.3 Å². The van der Waals surface area contributed by atoms with E-state index in [-0.39, 0.29) is 0 Å². The molecule has 0 bridgehead atoms. The van der Waals surface area contributed by atoms with Crippen molar-refractivity contribution in [2.24, 2.45) is 0 Å². The fourth-order valence-electron chi connectivity index (χ4n) is 1.29. The number of aromatic nitrogens is 2. The van der Waals surface area contributed by atoms with Crippen molar-refractivity contribution in [3.05, 3.63) is 26.5 Å². The summed E-state index contributed by atoms with van der Waals surface area (Å²) in [7, 11) is 0. The summed E-state index contributed by atoms with van der Waals surface area (Å²) in [5.41, 5.74) is 2.42. The first-order valence-electron chi connectivity index (χ1n) is 3.97. The third-order valence-corrected chi connectivity index (χ3v) is 3.51. The van der Waals surface area contributed by atoms with Gasteiger partial charge in [-0.1, -0.05) is 0 Å². The van der Waals surface area contributed by atoms with Gasteiger partial charge in [0.05, 0.1) is 21.2 Å². The lowest BCUT2D eigenvalue weighted by atomic mass is 10.1. The Morgan fingerprint density at radius 1 is 1.64 bits per heavy atom. The van der Waals surface area contributed by atoms with Crippen molar-refractivity contribution in [1.29, 1.82) is 0 Å². The second kappa shape index (κ2) is 3.67. The van der Waals surface area contributed by atoms with Gasteiger partial charge in [0.25, 0.3) is 0 Å². The van der Waals surface area contributed by atoms with E-state index in [1.165, 1.54) is 6.20 Å². The molecule has 0 aliphatic carbocycles. The van der Waals surface area contributed by atoms with Crippen molar-refractivity contribution in [2.45, 2.75) is 6.92 Å². The Morgan fingerprint density at radius 3 is 3.00 bits per heavy atom. The third kappa shape index (κ3) is 1.53. The fourth-order valence-corrected chi connectivity index (χ4v) is 2.99. The summed E-state index contributed by atoms with van der Waals surface area (Å²) in [4.78, 5) is 11.9. The topological polar surface area (TPSA) is 45.8 Å². The molecule has 14 heavy (non-hydrogen) atoms. The molecule has 0 amide bonds. The Bertz CT molecular complexity index is 475. The van der Waals surface area contributed by atoms with Crippen LogP contribution in [0.25, 0.3) is 11.3 Å². The molecule has 2 rings (SSSR count). The zero-order valence-electron chi connectivity index (χ0n) is 7.37. The Hall–Kier alpha value is -0.940. The van der Waals surface area contributed by atoms with Crippen LogP contribution in [-0.4, -0.2) is 16.5 Å². The predicted octanol–water partition coefficient (Wildman–Crippen LogP) is 3.02. The number of nitrogens with one attached hydrogen (secondary N) is 1. The zero-order chi connectivity index (χ0) is 10.1. The van der Waals surface area contributed by atoms with Crippen molar-refractivity contribution in [2.75, 3.05) is 0 Å². The maximum atomic E-state index is 10.7. The number of carbonyl (C=O) groups excluding carboxylic acids is 1. The van der Waals surface area contributed by atoms with Gasteiger partial charge in [-0.2, -0.15) is 5.10 Å². The van der Waals surface area contributed by atoms with E-state index in [2.05, 4.69) is 26.1 Å². The van der Waals surface area contributed by atoms with Crippen LogP contribution in [0.5, 0.6) is 0 Å². The maximum Gasteiger partial charge on any atom is 0.153 e. The van der Waals surface area contributed by atoms with E-state index in [1.54, 1.807) is 11.3 Å². The summed E-state index contributed by atoms with van der Waals surface area (Å²) < 4.78 is 1.05. The van der Waals surface area contributed by atoms with Gasteiger partial charge in [0.2, 0.25) is 0 Å². The average Bonchev–Trinajstić information content (AvgIpc) is 2.71. The molecule has 2 heterocycles. The van der Waals surface area contributed by atoms with E-state index >= 15 is 0 Å². The number of hydrogen-bond acceptors (Lipinski definition) is 3. The molecule has 72 valence electrons. The number of carbonyl (C=O) groups is 1. The van der Waals surface area contributed by atoms with Crippen molar-refractivity contribution >= 4 is 33.6 Å². The van der Waals surface area contributed by atoms with Gasteiger partial charge in [-0.15, -0.1) is 11.3 Å². The molecule has 0 radical (unpaired) electrons. The van der Waals surface area contributed by atoms with Crippen LogP contribution in [0.4, 0.5) is 0 Å². The number of aryl methyl sites for hydroxylation is 1. The van der Waals surface area contributed by atoms with Crippen LogP contribution in [0, 0.1) is 6.92 Å². The predicted molar refractivity (Wildman–Crippen MR) is 59.7 cm³/mol. The van der Waals surface area contributed by atoms with Crippen LogP contribution in [0.2, 0.25) is 0 Å². The van der Waals surface area contributed by atoms with Gasteiger partial charge in [0, 0.05) is 10.4 Å². The summed E-state index contributed by atoms with van der Waals surface area (Å²) in [6, 6.07) is 1.99. The van der Waals surface area contributed by atoms with E-state index in [1.807, 2.05) is 13.0 Å². The maximum absolute atomic E-state index is 10.7. The summed E-state index contributed by atoms with van der Waals surface area (Å²) in [6.07, 6.45) is 2.34. The van der Waals surface area contributed by atoms with Crippen molar-refractivity contribution in [3.8, 4) is 11.3 Å². The lowest BCUT2D eigenvalue weighted by molar-refractivity contribution is 0.112. The molecular weight excluding hydrogens is 264 g/mol. The largest absolute Gasteiger partial charge is 0.298 e. The second-order valence-corrected chi connectivity index (χ2v) is 5.47. The van der Waals surface area contributed by atoms with Crippen LogP contribution in [0.15, 0.2) is 16.0 Å². The Morgan fingerprint density at radius 2 is 2.43 bits per heavy atom. The van der Waals surface area contributed by atoms with E-state index < -0.39 is 0 Å². The number of aldehydes is 1. The molecule has 1 N–H and O–H groups in total. The smallest absolute Gasteiger partial charge is 0.153 e. The Kier molecular flexibility index (Phi) is 2.52. The van der Waals surface area contributed by atoms with Gasteiger partial charge in [-0.3, -0.25) is 9.89 Å². The quantitative estimate of drug-likeness (QED) is 0.853. The highest BCUT2D eigenvalue weighted by atomic mass is 79.9. The number of rotatable bonds is 2.